The quantitative estimate of drug-likeness (QED) is 0.860. The molecule has 2 unspecified atom stereocenters. The van der Waals surface area contributed by atoms with Crippen molar-refractivity contribution in [2.45, 2.75) is 50.4 Å². The highest BCUT2D eigenvalue weighted by atomic mass is 79.9. The Morgan fingerprint density at radius 1 is 1.04 bits per heavy atom. The zero-order valence-electron chi connectivity index (χ0n) is 13.2. The Balaban J connectivity index is 1.40. The highest BCUT2D eigenvalue weighted by Crippen LogP contribution is 2.37. The maximum atomic E-state index is 4.46. The van der Waals surface area contributed by atoms with Gasteiger partial charge in [0.15, 0.2) is 0 Å². The van der Waals surface area contributed by atoms with E-state index in [1.165, 1.54) is 31.2 Å². The highest BCUT2D eigenvalue weighted by Gasteiger charge is 2.40. The van der Waals surface area contributed by atoms with Crippen molar-refractivity contribution in [3.8, 4) is 0 Å². The molecule has 0 saturated carbocycles. The van der Waals surface area contributed by atoms with Crippen LogP contribution < -0.4 is 5.32 Å². The van der Waals surface area contributed by atoms with Crippen LogP contribution in [0.2, 0.25) is 0 Å². The number of anilines is 1. The first-order valence-electron chi connectivity index (χ1n) is 8.46. The number of benzene rings is 1. The lowest BCUT2D eigenvalue weighted by Crippen LogP contribution is -2.46. The van der Waals surface area contributed by atoms with Crippen molar-refractivity contribution >= 4 is 21.7 Å². The van der Waals surface area contributed by atoms with E-state index in [-0.39, 0.29) is 0 Å². The largest absolute Gasteiger partial charge is 0.367 e. The lowest BCUT2D eigenvalue weighted by molar-refractivity contribution is 0.124. The molecular weight excluding hydrogens is 350 g/mol. The third-order valence-corrected chi connectivity index (χ3v) is 5.64. The highest BCUT2D eigenvalue weighted by molar-refractivity contribution is 9.10. The second-order valence-electron chi connectivity index (χ2n) is 6.72. The van der Waals surface area contributed by atoms with Crippen molar-refractivity contribution in [3.05, 3.63) is 58.7 Å². The Bertz CT molecular complexity index is 629. The fourth-order valence-electron chi connectivity index (χ4n) is 4.11. The number of pyridine rings is 1. The second-order valence-corrected chi connectivity index (χ2v) is 7.63. The summed E-state index contributed by atoms with van der Waals surface area (Å²) in [6.07, 6.45) is 6.98. The summed E-state index contributed by atoms with van der Waals surface area (Å²) in [4.78, 5) is 7.18. The van der Waals surface area contributed by atoms with Gasteiger partial charge in [-0.1, -0.05) is 30.3 Å². The second kappa shape index (κ2) is 6.62. The number of aromatic nitrogens is 1. The Kier molecular flexibility index (Phi) is 4.36. The molecule has 0 amide bonds. The molecule has 4 rings (SSSR count). The number of halogens is 1. The molecule has 2 aliphatic heterocycles. The first-order chi connectivity index (χ1) is 11.3. The van der Waals surface area contributed by atoms with E-state index < -0.39 is 0 Å². The molecule has 0 spiro atoms. The van der Waals surface area contributed by atoms with Crippen LogP contribution in [0.5, 0.6) is 0 Å². The van der Waals surface area contributed by atoms with Gasteiger partial charge in [0.2, 0.25) is 0 Å². The number of hydrogen-bond acceptors (Lipinski definition) is 3. The molecule has 4 heteroatoms. The van der Waals surface area contributed by atoms with Gasteiger partial charge in [0.25, 0.3) is 0 Å². The normalized spacial score (nSPS) is 27.1. The zero-order valence-corrected chi connectivity index (χ0v) is 14.7. The van der Waals surface area contributed by atoms with Crippen LogP contribution in [-0.4, -0.2) is 28.0 Å². The zero-order chi connectivity index (χ0) is 15.6. The van der Waals surface area contributed by atoms with Crippen LogP contribution in [0.3, 0.4) is 0 Å². The van der Waals surface area contributed by atoms with Crippen LogP contribution in [0.15, 0.2) is 53.1 Å². The van der Waals surface area contributed by atoms with Crippen LogP contribution in [0.1, 0.15) is 31.2 Å². The molecule has 1 aromatic heterocycles. The van der Waals surface area contributed by atoms with E-state index in [4.69, 9.17) is 0 Å². The van der Waals surface area contributed by atoms with E-state index >= 15 is 0 Å². The molecule has 3 nitrogen and oxygen atoms in total. The lowest BCUT2D eigenvalue weighted by Gasteiger charge is -2.39. The van der Waals surface area contributed by atoms with Crippen LogP contribution in [0.25, 0.3) is 0 Å². The van der Waals surface area contributed by atoms with Gasteiger partial charge in [-0.15, -0.1) is 0 Å². The molecule has 2 bridgehead atoms. The Labute approximate surface area is 146 Å². The van der Waals surface area contributed by atoms with Gasteiger partial charge >= 0.3 is 0 Å². The van der Waals surface area contributed by atoms with Crippen molar-refractivity contribution < 1.29 is 0 Å². The average Bonchev–Trinajstić information content (AvgIpc) is 2.81. The van der Waals surface area contributed by atoms with Gasteiger partial charge in [0.1, 0.15) is 5.82 Å². The lowest BCUT2D eigenvalue weighted by atomic mass is 9.96. The summed E-state index contributed by atoms with van der Waals surface area (Å²) in [6.45, 7) is 1.10. The number of nitrogens with one attached hydrogen (secondary N) is 1. The molecule has 1 N–H and O–H groups in total. The molecule has 2 aromatic rings. The van der Waals surface area contributed by atoms with Crippen molar-refractivity contribution in [3.63, 3.8) is 0 Å². The van der Waals surface area contributed by atoms with Gasteiger partial charge in [-0.2, -0.15) is 0 Å². The van der Waals surface area contributed by atoms with Crippen molar-refractivity contribution in [1.29, 1.82) is 0 Å². The van der Waals surface area contributed by atoms with Crippen molar-refractivity contribution in [2.75, 3.05) is 5.32 Å². The summed E-state index contributed by atoms with van der Waals surface area (Å²) < 4.78 is 1.03. The molecule has 23 heavy (non-hydrogen) atoms. The summed E-state index contributed by atoms with van der Waals surface area (Å²) in [5, 5.41) is 3.63. The van der Waals surface area contributed by atoms with Crippen molar-refractivity contribution in [2.24, 2.45) is 0 Å². The molecule has 0 radical (unpaired) electrons. The van der Waals surface area contributed by atoms with Gasteiger partial charge in [-0.3, -0.25) is 4.90 Å². The smallest absolute Gasteiger partial charge is 0.126 e. The third-order valence-electron chi connectivity index (χ3n) is 5.17. The van der Waals surface area contributed by atoms with Crippen LogP contribution in [0.4, 0.5) is 5.82 Å². The third kappa shape index (κ3) is 3.43. The molecule has 2 fully saturated rings. The van der Waals surface area contributed by atoms with E-state index in [1.807, 2.05) is 6.20 Å². The van der Waals surface area contributed by atoms with Crippen LogP contribution in [-0.2, 0) is 6.54 Å². The molecular formula is C19H22BrN3. The molecule has 2 aliphatic rings. The molecule has 0 aliphatic carbocycles. The summed E-state index contributed by atoms with van der Waals surface area (Å²) in [7, 11) is 0. The van der Waals surface area contributed by atoms with Crippen LogP contribution in [0, 0.1) is 0 Å². The number of piperidine rings is 1. The van der Waals surface area contributed by atoms with Gasteiger partial charge in [0, 0.05) is 35.3 Å². The fraction of sp³-hybridized carbons (Fsp3) is 0.421. The van der Waals surface area contributed by atoms with Gasteiger partial charge in [0.05, 0.1) is 0 Å². The first-order valence-corrected chi connectivity index (χ1v) is 9.25. The standard InChI is InChI=1S/C19H22BrN3/c20-15-6-9-19(21-12-15)22-16-10-17-7-8-18(11-16)23(17)13-14-4-2-1-3-5-14/h1-6,9,12,16-18H,7-8,10-11,13H2,(H,21,22). The topological polar surface area (TPSA) is 28.2 Å². The number of nitrogens with zero attached hydrogens (tertiary/aromatic N) is 2. The van der Waals surface area contributed by atoms with E-state index in [1.54, 1.807) is 0 Å². The SMILES string of the molecule is Brc1ccc(NC2CC3CCC(C2)N3Cc2ccccc2)nc1. The summed E-state index contributed by atoms with van der Waals surface area (Å²) in [5.41, 5.74) is 1.44. The summed E-state index contributed by atoms with van der Waals surface area (Å²) in [5.74, 6) is 0.995. The predicted molar refractivity (Wildman–Crippen MR) is 97.4 cm³/mol. The average molecular weight is 372 g/mol. The minimum absolute atomic E-state index is 0.549. The summed E-state index contributed by atoms with van der Waals surface area (Å²) in [6, 6.07) is 17.0. The maximum Gasteiger partial charge on any atom is 0.126 e. The Morgan fingerprint density at radius 3 is 2.43 bits per heavy atom. The fourth-order valence-corrected chi connectivity index (χ4v) is 4.35. The summed E-state index contributed by atoms with van der Waals surface area (Å²) >= 11 is 3.44. The van der Waals surface area contributed by atoms with E-state index in [0.717, 1.165) is 16.8 Å². The number of rotatable bonds is 4. The number of fused-ring (bicyclic) bond motifs is 2. The minimum Gasteiger partial charge on any atom is -0.367 e. The molecule has 1 aromatic carbocycles. The minimum atomic E-state index is 0.549. The van der Waals surface area contributed by atoms with Gasteiger partial charge in [-0.05, 0) is 59.3 Å². The molecule has 3 heterocycles. The predicted octanol–water partition coefficient (Wildman–Crippen LogP) is 4.45. The monoisotopic (exact) mass is 371 g/mol. The number of hydrogen-bond donors (Lipinski definition) is 1. The maximum absolute atomic E-state index is 4.46. The van der Waals surface area contributed by atoms with E-state index in [0.29, 0.717) is 18.1 Å². The van der Waals surface area contributed by atoms with Gasteiger partial charge < -0.3 is 5.32 Å². The molecule has 2 atom stereocenters. The molecule has 2 saturated heterocycles. The van der Waals surface area contributed by atoms with Crippen LogP contribution >= 0.6 is 15.9 Å². The van der Waals surface area contributed by atoms with Crippen molar-refractivity contribution in [1.82, 2.24) is 9.88 Å². The Hall–Kier alpha value is -1.39. The van der Waals surface area contributed by atoms with Gasteiger partial charge in [-0.25, -0.2) is 4.98 Å². The van der Waals surface area contributed by atoms with E-state index in [2.05, 4.69) is 73.6 Å². The molecule has 120 valence electrons. The van der Waals surface area contributed by atoms with E-state index in [9.17, 15) is 0 Å². The first kappa shape index (κ1) is 15.2. The Morgan fingerprint density at radius 2 is 1.78 bits per heavy atom.